The highest BCUT2D eigenvalue weighted by atomic mass is 16.8. The van der Waals surface area contributed by atoms with Crippen LogP contribution in [0.25, 0.3) is 0 Å². The Morgan fingerprint density at radius 2 is 0.953 bits per heavy atom. The SMILES string of the molecule is OC[C@@H]1O[C@H](O[C@@H]2[C@H](O)[C@H](O[C@H]3O[C@@H](CO)[C@@H](O)[C@@H](O)[C@H]3O[C@@H]3OC[C@H](O)[C@H](O)[C@@H]3O)[C@H](CO)O[C@@H]2O)[C@H](O)[C@H](O)[C@@H]1O. The van der Waals surface area contributed by atoms with Crippen LogP contribution in [0.4, 0.5) is 0 Å². The van der Waals surface area contributed by atoms with Crippen LogP contribution in [0.3, 0.4) is 0 Å². The summed E-state index contributed by atoms with van der Waals surface area (Å²) in [5.41, 5.74) is 0. The minimum atomic E-state index is -2.00. The molecule has 13 N–H and O–H groups in total. The van der Waals surface area contributed by atoms with Gasteiger partial charge < -0.3 is 99.5 Å². The fraction of sp³-hybridized carbons (Fsp3) is 1.00. The van der Waals surface area contributed by atoms with Crippen LogP contribution in [-0.2, 0) is 33.2 Å². The van der Waals surface area contributed by atoms with Gasteiger partial charge in [-0.2, -0.15) is 0 Å². The molecule has 4 aliphatic heterocycles. The van der Waals surface area contributed by atoms with Crippen LogP contribution < -0.4 is 0 Å². The van der Waals surface area contributed by atoms with E-state index in [4.69, 9.17) is 33.2 Å². The Bertz CT molecular complexity index is 869. The number of hydrogen-bond donors (Lipinski definition) is 13. The Balaban J connectivity index is 1.55. The highest BCUT2D eigenvalue weighted by molar-refractivity contribution is 4.97. The van der Waals surface area contributed by atoms with Gasteiger partial charge in [-0.25, -0.2) is 0 Å². The lowest BCUT2D eigenvalue weighted by atomic mass is 9.96. The molecule has 4 aliphatic rings. The third-order valence-electron chi connectivity index (χ3n) is 7.82. The summed E-state index contributed by atoms with van der Waals surface area (Å²) in [5, 5.41) is 132. The van der Waals surface area contributed by atoms with Gasteiger partial charge in [0.2, 0.25) is 0 Å². The molecule has 0 aromatic carbocycles. The molecular formula is C23H40O20. The summed E-state index contributed by atoms with van der Waals surface area (Å²) < 4.78 is 38.0. The van der Waals surface area contributed by atoms with E-state index in [2.05, 4.69) is 0 Å². The van der Waals surface area contributed by atoms with Crippen molar-refractivity contribution in [1.29, 1.82) is 0 Å². The second kappa shape index (κ2) is 14.7. The lowest BCUT2D eigenvalue weighted by molar-refractivity contribution is -0.394. The second-order valence-electron chi connectivity index (χ2n) is 10.7. The minimum absolute atomic E-state index is 0.490. The Hall–Kier alpha value is -0.800. The average molecular weight is 637 g/mol. The van der Waals surface area contributed by atoms with Crippen molar-refractivity contribution in [2.24, 2.45) is 0 Å². The molecule has 19 atom stereocenters. The molecule has 4 fully saturated rings. The van der Waals surface area contributed by atoms with Crippen LogP contribution in [0.15, 0.2) is 0 Å². The van der Waals surface area contributed by atoms with Crippen molar-refractivity contribution in [2.75, 3.05) is 26.4 Å². The predicted octanol–water partition coefficient (Wildman–Crippen LogP) is -9.11. The van der Waals surface area contributed by atoms with Crippen LogP contribution in [-0.4, -0.2) is 210 Å². The summed E-state index contributed by atoms with van der Waals surface area (Å²) in [6.45, 7) is -3.01. The zero-order valence-electron chi connectivity index (χ0n) is 22.5. The first-order chi connectivity index (χ1) is 20.3. The van der Waals surface area contributed by atoms with Gasteiger partial charge in [0.1, 0.15) is 91.6 Å². The van der Waals surface area contributed by atoms with Crippen molar-refractivity contribution in [2.45, 2.75) is 117 Å². The molecular weight excluding hydrogens is 596 g/mol. The second-order valence-corrected chi connectivity index (χ2v) is 10.7. The zero-order chi connectivity index (χ0) is 31.7. The Kier molecular flexibility index (Phi) is 12.0. The van der Waals surface area contributed by atoms with Gasteiger partial charge in [0, 0.05) is 0 Å². The van der Waals surface area contributed by atoms with Crippen LogP contribution in [0.2, 0.25) is 0 Å². The van der Waals surface area contributed by atoms with Crippen LogP contribution in [0.5, 0.6) is 0 Å². The van der Waals surface area contributed by atoms with Crippen LogP contribution >= 0.6 is 0 Å². The van der Waals surface area contributed by atoms with E-state index in [1.807, 2.05) is 0 Å². The molecule has 20 nitrogen and oxygen atoms in total. The predicted molar refractivity (Wildman–Crippen MR) is 128 cm³/mol. The molecule has 0 aliphatic carbocycles. The standard InChI is InChI=1S/C23H40O20/c24-1-6-10(29)12(31)15(34)22(39-6)42-18-16(35)17(8(3-26)38-20(18)36)41-23-19(13(32)11(30)7(2-25)40-23)43-21-14(33)9(28)5(27)4-37-21/h5-36H,1-4H2/t5-,6-,7-,8-,9-,10+,11+,12+,13+,14-,15+,16+,17+,18+,19+,20-,21-,22+,23+/m0/s1. The maximum Gasteiger partial charge on any atom is 0.187 e. The molecule has 0 unspecified atom stereocenters. The smallest absolute Gasteiger partial charge is 0.187 e. The van der Waals surface area contributed by atoms with Gasteiger partial charge in [-0.1, -0.05) is 0 Å². The molecule has 0 aromatic rings. The molecule has 0 spiro atoms. The lowest BCUT2D eigenvalue weighted by Gasteiger charge is -2.49. The fourth-order valence-electron chi connectivity index (χ4n) is 5.23. The number of rotatable bonds is 9. The largest absolute Gasteiger partial charge is 0.394 e. The number of hydrogen-bond acceptors (Lipinski definition) is 20. The molecule has 4 saturated heterocycles. The molecule has 252 valence electrons. The van der Waals surface area contributed by atoms with Gasteiger partial charge >= 0.3 is 0 Å². The maximum atomic E-state index is 11.2. The number of ether oxygens (including phenoxy) is 7. The summed E-state index contributed by atoms with van der Waals surface area (Å²) in [6, 6.07) is 0. The first-order valence-electron chi connectivity index (χ1n) is 13.5. The van der Waals surface area contributed by atoms with Crippen molar-refractivity contribution < 1.29 is 99.5 Å². The van der Waals surface area contributed by atoms with E-state index < -0.39 is 143 Å². The molecule has 4 heterocycles. The summed E-state index contributed by atoms with van der Waals surface area (Å²) in [7, 11) is 0. The van der Waals surface area contributed by atoms with E-state index in [1.165, 1.54) is 0 Å². The van der Waals surface area contributed by atoms with Gasteiger partial charge in [0.25, 0.3) is 0 Å². The summed E-state index contributed by atoms with van der Waals surface area (Å²) in [6.07, 6.45) is -33.3. The van der Waals surface area contributed by atoms with E-state index in [9.17, 15) is 66.4 Å². The average Bonchev–Trinajstić information content (AvgIpc) is 2.99. The van der Waals surface area contributed by atoms with Gasteiger partial charge in [-0.15, -0.1) is 0 Å². The van der Waals surface area contributed by atoms with Gasteiger partial charge in [-0.05, 0) is 0 Å². The normalized spacial score (nSPS) is 53.1. The van der Waals surface area contributed by atoms with Crippen molar-refractivity contribution in [3.05, 3.63) is 0 Å². The third-order valence-corrected chi connectivity index (χ3v) is 7.82. The molecule has 0 radical (unpaired) electrons. The lowest BCUT2D eigenvalue weighted by Crippen LogP contribution is -2.67. The van der Waals surface area contributed by atoms with Crippen molar-refractivity contribution >= 4 is 0 Å². The van der Waals surface area contributed by atoms with Gasteiger partial charge in [0.05, 0.1) is 26.4 Å². The topological polar surface area (TPSA) is 328 Å². The minimum Gasteiger partial charge on any atom is -0.394 e. The Morgan fingerprint density at radius 3 is 1.56 bits per heavy atom. The molecule has 0 saturated carbocycles. The van der Waals surface area contributed by atoms with Crippen molar-refractivity contribution in [3.8, 4) is 0 Å². The van der Waals surface area contributed by atoms with E-state index in [0.717, 1.165) is 0 Å². The van der Waals surface area contributed by atoms with Crippen molar-refractivity contribution in [1.82, 2.24) is 0 Å². The van der Waals surface area contributed by atoms with Crippen molar-refractivity contribution in [3.63, 3.8) is 0 Å². The van der Waals surface area contributed by atoms with Gasteiger partial charge in [-0.3, -0.25) is 0 Å². The maximum absolute atomic E-state index is 11.2. The summed E-state index contributed by atoms with van der Waals surface area (Å²) >= 11 is 0. The van der Waals surface area contributed by atoms with E-state index in [0.29, 0.717) is 0 Å². The quantitative estimate of drug-likeness (QED) is 0.112. The van der Waals surface area contributed by atoms with Crippen LogP contribution in [0.1, 0.15) is 0 Å². The van der Waals surface area contributed by atoms with Crippen LogP contribution in [0, 0.1) is 0 Å². The van der Waals surface area contributed by atoms with E-state index >= 15 is 0 Å². The Morgan fingerprint density at radius 1 is 0.442 bits per heavy atom. The first-order valence-corrected chi connectivity index (χ1v) is 13.5. The van der Waals surface area contributed by atoms with E-state index in [1.54, 1.807) is 0 Å². The zero-order valence-corrected chi connectivity index (χ0v) is 22.5. The third kappa shape index (κ3) is 7.13. The monoisotopic (exact) mass is 636 g/mol. The molecule has 4 rings (SSSR count). The summed E-state index contributed by atoms with van der Waals surface area (Å²) in [5.74, 6) is 0. The first kappa shape index (κ1) is 35.1. The van der Waals surface area contributed by atoms with Gasteiger partial charge in [0.15, 0.2) is 25.2 Å². The molecule has 0 amide bonds. The highest BCUT2D eigenvalue weighted by Crippen LogP contribution is 2.34. The molecule has 20 heteroatoms. The number of aliphatic hydroxyl groups excluding tert-OH is 13. The van der Waals surface area contributed by atoms with E-state index in [-0.39, 0.29) is 0 Å². The summed E-state index contributed by atoms with van der Waals surface area (Å²) in [4.78, 5) is 0. The Labute approximate surface area is 243 Å². The highest BCUT2D eigenvalue weighted by Gasteiger charge is 2.55. The molecule has 0 bridgehead atoms. The molecule has 43 heavy (non-hydrogen) atoms. The molecule has 0 aromatic heterocycles. The fourth-order valence-corrected chi connectivity index (χ4v) is 5.23. The number of aliphatic hydroxyl groups is 13.